The number of unbranched alkanes of at least 4 members (excludes halogenated alkanes) is 5. The minimum Gasteiger partial charge on any atom is -0.508 e. The number of carbonyl (C=O) groups excluding carboxylic acids is 7. The normalized spacial score (nSPS) is 27.7. The number of benzene rings is 2. The summed E-state index contributed by atoms with van der Waals surface area (Å²) in [7, 11) is 0. The van der Waals surface area contributed by atoms with Gasteiger partial charge in [-0.15, -0.1) is 0 Å². The third-order valence-electron chi connectivity index (χ3n) is 13.8. The monoisotopic (exact) mass is 1090 g/mol. The van der Waals surface area contributed by atoms with Crippen LogP contribution < -0.4 is 42.8 Å². The summed E-state index contributed by atoms with van der Waals surface area (Å²) in [6, 6.07) is -0.902. The summed E-state index contributed by atoms with van der Waals surface area (Å²) >= 11 is 0. The van der Waals surface area contributed by atoms with Crippen molar-refractivity contribution in [3.05, 3.63) is 59.7 Å². The molecular formula is C51H77N9O17. The number of nitrogens with zero attached hydrogens (tertiary/aromatic N) is 2. The average molecular weight is 1090 g/mol. The molecule has 7 amide bonds. The number of hydrogen-bond acceptors (Lipinski definition) is 19. The Morgan fingerprint density at radius 2 is 1.36 bits per heavy atom. The van der Waals surface area contributed by atoms with Gasteiger partial charge < -0.3 is 98.2 Å². The fraction of sp³-hybridized carbons (Fsp3) is 0.627. The van der Waals surface area contributed by atoms with Gasteiger partial charge >= 0.3 is 0 Å². The lowest BCUT2D eigenvalue weighted by Crippen LogP contribution is -2.64. The van der Waals surface area contributed by atoms with E-state index in [2.05, 4.69) is 33.5 Å². The van der Waals surface area contributed by atoms with Gasteiger partial charge in [0.2, 0.25) is 35.4 Å². The van der Waals surface area contributed by atoms with Crippen molar-refractivity contribution in [2.45, 2.75) is 163 Å². The molecule has 2 aromatic rings. The number of nitrogens with one attached hydrogen (secondary N) is 5. The van der Waals surface area contributed by atoms with Crippen molar-refractivity contribution in [1.82, 2.24) is 36.4 Å². The molecule has 26 nitrogen and oxygen atoms in total. The molecule has 77 heavy (non-hydrogen) atoms. The average Bonchev–Trinajstić information content (AvgIpc) is 4.01. The number of nitrogens with two attached hydrogens (primary N) is 2. The highest BCUT2D eigenvalue weighted by atomic mass is 16.5. The molecule has 3 fully saturated rings. The second kappa shape index (κ2) is 29.6. The first-order chi connectivity index (χ1) is 36.7. The Balaban J connectivity index is 1.56. The summed E-state index contributed by atoms with van der Waals surface area (Å²) in [6.45, 7) is 2.02. The molecular weight excluding hydrogens is 1010 g/mol. The lowest BCUT2D eigenvalue weighted by Gasteiger charge is -2.35. The van der Waals surface area contributed by atoms with Crippen molar-refractivity contribution in [2.24, 2.45) is 11.5 Å². The maximum absolute atomic E-state index is 14.6. The molecule has 3 aliphatic rings. The predicted octanol–water partition coefficient (Wildman–Crippen LogP) is -4.02. The Morgan fingerprint density at radius 1 is 0.727 bits per heavy atom. The SMILES string of the molecule is CCCCCCCCOc1ccc(C(=O)NC2CC(O)C(OCCN)NC(=O)C3C(O)CCN3C(=O)C(C(O)CCN)NC(=O)C(C(O)C(O)c3ccc(O)cc3)NC(=O)C3CC(O)CN3C(=O)C(C(C)O)NC2=O)cc1. The summed E-state index contributed by atoms with van der Waals surface area (Å²) in [5.74, 6) is -7.91. The molecule has 5 rings (SSSR count). The Hall–Kier alpha value is -6.07. The third-order valence-corrected chi connectivity index (χ3v) is 13.8. The fourth-order valence-electron chi connectivity index (χ4n) is 9.44. The molecule has 0 aromatic heterocycles. The van der Waals surface area contributed by atoms with Crippen LogP contribution in [-0.4, -0.2) is 210 Å². The maximum Gasteiger partial charge on any atom is 0.251 e. The van der Waals surface area contributed by atoms with Crippen LogP contribution in [0.25, 0.3) is 0 Å². The van der Waals surface area contributed by atoms with Crippen molar-refractivity contribution in [3.8, 4) is 11.5 Å². The lowest BCUT2D eigenvalue weighted by atomic mass is 9.96. The first-order valence-electron chi connectivity index (χ1n) is 26.1. The highest BCUT2D eigenvalue weighted by molar-refractivity contribution is 6.00. The number of ether oxygens (including phenoxy) is 2. The molecule has 2 aromatic carbocycles. The van der Waals surface area contributed by atoms with Gasteiger partial charge in [-0.1, -0.05) is 51.2 Å². The van der Waals surface area contributed by atoms with Gasteiger partial charge in [0.15, 0.2) is 6.23 Å². The molecule has 14 atom stereocenters. The van der Waals surface area contributed by atoms with Crippen LogP contribution in [0.5, 0.6) is 11.5 Å². The van der Waals surface area contributed by atoms with E-state index in [0.29, 0.717) is 12.4 Å². The van der Waals surface area contributed by atoms with Crippen molar-refractivity contribution in [2.75, 3.05) is 39.4 Å². The largest absolute Gasteiger partial charge is 0.508 e. The molecule has 3 aliphatic heterocycles. The van der Waals surface area contributed by atoms with Crippen molar-refractivity contribution in [1.29, 1.82) is 0 Å². The van der Waals surface area contributed by atoms with E-state index in [1.165, 1.54) is 24.3 Å². The number of fused-ring (bicyclic) bond motifs is 2. The molecule has 428 valence electrons. The quantitative estimate of drug-likeness (QED) is 0.0562. The molecule has 3 saturated heterocycles. The Labute approximate surface area is 445 Å². The predicted molar refractivity (Wildman–Crippen MR) is 273 cm³/mol. The Morgan fingerprint density at radius 3 is 2.01 bits per heavy atom. The second-order valence-electron chi connectivity index (χ2n) is 19.7. The highest BCUT2D eigenvalue weighted by Gasteiger charge is 2.49. The molecule has 17 N–H and O–H groups in total. The number of carbonyl (C=O) groups is 7. The van der Waals surface area contributed by atoms with Crippen LogP contribution in [0.15, 0.2) is 48.5 Å². The molecule has 14 unspecified atom stereocenters. The molecule has 0 bridgehead atoms. The number of amides is 7. The number of phenols is 1. The molecule has 0 aliphatic carbocycles. The molecule has 0 spiro atoms. The smallest absolute Gasteiger partial charge is 0.251 e. The number of aliphatic hydroxyl groups is 7. The van der Waals surface area contributed by atoms with E-state index >= 15 is 0 Å². The van der Waals surface area contributed by atoms with E-state index in [4.69, 9.17) is 20.9 Å². The summed E-state index contributed by atoms with van der Waals surface area (Å²) in [5, 5.41) is 101. The van der Waals surface area contributed by atoms with Gasteiger partial charge in [0.05, 0.1) is 37.6 Å². The highest BCUT2D eigenvalue weighted by Crippen LogP contribution is 2.26. The van der Waals surface area contributed by atoms with Crippen molar-refractivity contribution < 1.29 is 83.9 Å². The topological polar surface area (TPSA) is 418 Å². The first kappa shape index (κ1) is 61.8. The molecule has 26 heteroatoms. The van der Waals surface area contributed by atoms with Crippen LogP contribution in [0, 0.1) is 0 Å². The van der Waals surface area contributed by atoms with Crippen LogP contribution >= 0.6 is 0 Å². The summed E-state index contributed by atoms with van der Waals surface area (Å²) in [4.78, 5) is 102. The third kappa shape index (κ3) is 16.7. The Bertz CT molecular complexity index is 2280. The minimum atomic E-state index is -2.30. The molecule has 3 heterocycles. The lowest BCUT2D eigenvalue weighted by molar-refractivity contribution is -0.149. The number of phenolic OH excluding ortho intramolecular Hbond substituents is 1. The van der Waals surface area contributed by atoms with Crippen LogP contribution in [0.3, 0.4) is 0 Å². The number of hydrogen-bond donors (Lipinski definition) is 15. The van der Waals surface area contributed by atoms with Crippen molar-refractivity contribution in [3.63, 3.8) is 0 Å². The van der Waals surface area contributed by atoms with E-state index in [0.717, 1.165) is 67.4 Å². The van der Waals surface area contributed by atoms with Gasteiger partial charge in [-0.3, -0.25) is 33.6 Å². The van der Waals surface area contributed by atoms with Gasteiger partial charge in [0.1, 0.15) is 66.1 Å². The number of aromatic hydroxyl groups is 1. The van der Waals surface area contributed by atoms with E-state index in [1.54, 1.807) is 12.1 Å². The van der Waals surface area contributed by atoms with Crippen LogP contribution in [-0.2, 0) is 33.5 Å². The zero-order valence-corrected chi connectivity index (χ0v) is 43.3. The first-order valence-corrected chi connectivity index (χ1v) is 26.1. The van der Waals surface area contributed by atoms with Gasteiger partial charge in [0.25, 0.3) is 5.91 Å². The summed E-state index contributed by atoms with van der Waals surface area (Å²) < 4.78 is 11.6. The van der Waals surface area contributed by atoms with Crippen LogP contribution in [0.2, 0.25) is 0 Å². The number of rotatable bonds is 20. The van der Waals surface area contributed by atoms with Crippen LogP contribution in [0.1, 0.15) is 100 Å². The van der Waals surface area contributed by atoms with Gasteiger partial charge in [-0.05, 0) is 74.7 Å². The molecule has 0 radical (unpaired) electrons. The zero-order chi connectivity index (χ0) is 56.5. The maximum atomic E-state index is 14.6. The molecule has 0 saturated carbocycles. The zero-order valence-electron chi connectivity index (χ0n) is 43.3. The van der Waals surface area contributed by atoms with E-state index in [-0.39, 0.29) is 56.0 Å². The van der Waals surface area contributed by atoms with Gasteiger partial charge in [-0.25, -0.2) is 0 Å². The van der Waals surface area contributed by atoms with Gasteiger partial charge in [0, 0.05) is 38.0 Å². The summed E-state index contributed by atoms with van der Waals surface area (Å²) in [5.41, 5.74) is 11.4. The van der Waals surface area contributed by atoms with Crippen LogP contribution in [0.4, 0.5) is 0 Å². The van der Waals surface area contributed by atoms with E-state index in [1.807, 2.05) is 0 Å². The standard InChI is InChI=1S/C51H77N9O17/c1-3-4-5-6-7-8-22-76-32-15-11-29(12-16-32)44(69)54-33-25-37(66)49(77-23-20-53)58-48(73)41-36(65)18-21-59(41)51(75)39(35(64)17-19-52)56-47(72)40(43(68)42(67)28-9-13-30(62)14-10-28)57-46(71)34-24-31(63)26-60(34)50(74)38(27(2)61)55-45(33)70/h9-16,27,31,33-43,49,61-68H,3-8,17-26,52-53H2,1-2H3,(H,54,69)(H,55,70)(H,56,72)(H,57,71)(H,58,73). The number of aliphatic hydroxyl groups excluding tert-OH is 7. The van der Waals surface area contributed by atoms with E-state index < -0.39 is 146 Å². The second-order valence-corrected chi connectivity index (χ2v) is 19.7. The van der Waals surface area contributed by atoms with E-state index in [9.17, 15) is 74.4 Å². The van der Waals surface area contributed by atoms with Gasteiger partial charge in [-0.2, -0.15) is 0 Å². The minimum absolute atomic E-state index is 0.0238. The van der Waals surface area contributed by atoms with Crippen molar-refractivity contribution >= 4 is 41.4 Å². The Kier molecular flexibility index (Phi) is 23.8. The summed E-state index contributed by atoms with van der Waals surface area (Å²) in [6.07, 6.45) is -10.2. The fourth-order valence-corrected chi connectivity index (χ4v) is 9.44.